The molecular formula is C18H22O2. The van der Waals surface area contributed by atoms with Gasteiger partial charge in [0.25, 0.3) is 0 Å². The second kappa shape index (κ2) is 5.35. The Morgan fingerprint density at radius 1 is 0.900 bits per heavy atom. The van der Waals surface area contributed by atoms with Gasteiger partial charge in [-0.05, 0) is 62.8 Å². The van der Waals surface area contributed by atoms with Crippen molar-refractivity contribution in [3.8, 4) is 0 Å². The summed E-state index contributed by atoms with van der Waals surface area (Å²) in [5, 5.41) is 0. The van der Waals surface area contributed by atoms with E-state index in [1.54, 1.807) is 6.92 Å². The number of allylic oxidation sites excluding steroid dienone is 2. The fraction of sp³-hybridized carbons (Fsp3) is 0.444. The number of carbonyl (C=O) groups is 2. The van der Waals surface area contributed by atoms with Crippen LogP contribution < -0.4 is 0 Å². The number of rotatable bonds is 3. The molecule has 0 fully saturated rings. The first-order valence-corrected chi connectivity index (χ1v) is 7.23. The number of aryl methyl sites for hydroxylation is 2. The van der Waals surface area contributed by atoms with Crippen LogP contribution in [0.2, 0.25) is 0 Å². The highest BCUT2D eigenvalue weighted by molar-refractivity contribution is 6.26. The lowest BCUT2D eigenvalue weighted by atomic mass is 9.81. The number of hydrogen-bond acceptors (Lipinski definition) is 2. The summed E-state index contributed by atoms with van der Waals surface area (Å²) in [6.45, 7) is 10.0. The van der Waals surface area contributed by atoms with Crippen LogP contribution in [0.5, 0.6) is 0 Å². The highest BCUT2D eigenvalue weighted by Crippen LogP contribution is 2.31. The van der Waals surface area contributed by atoms with Gasteiger partial charge in [-0.2, -0.15) is 0 Å². The minimum absolute atomic E-state index is 0.0152. The van der Waals surface area contributed by atoms with Gasteiger partial charge in [-0.25, -0.2) is 0 Å². The molecule has 1 aliphatic carbocycles. The van der Waals surface area contributed by atoms with Crippen molar-refractivity contribution in [2.75, 3.05) is 0 Å². The van der Waals surface area contributed by atoms with E-state index in [1.165, 1.54) is 0 Å². The predicted molar refractivity (Wildman–Crippen MR) is 81.3 cm³/mol. The highest BCUT2D eigenvalue weighted by Gasteiger charge is 2.29. The summed E-state index contributed by atoms with van der Waals surface area (Å²) in [6, 6.07) is 3.72. The SMILES string of the molecule is CC1=C(CCC(C)C)C(=O)c2cc(C)c(C)cc2C1=O. The Kier molecular flexibility index (Phi) is 3.94. The van der Waals surface area contributed by atoms with Crippen LogP contribution in [0.1, 0.15) is 65.5 Å². The number of ketones is 2. The first-order valence-electron chi connectivity index (χ1n) is 7.23. The maximum absolute atomic E-state index is 12.6. The van der Waals surface area contributed by atoms with E-state index in [2.05, 4.69) is 13.8 Å². The fourth-order valence-electron chi connectivity index (χ4n) is 2.60. The van der Waals surface area contributed by atoms with Gasteiger partial charge >= 0.3 is 0 Å². The lowest BCUT2D eigenvalue weighted by Crippen LogP contribution is -2.21. The summed E-state index contributed by atoms with van der Waals surface area (Å²) in [6.07, 6.45) is 1.63. The normalized spacial score (nSPS) is 15.1. The molecule has 106 valence electrons. The lowest BCUT2D eigenvalue weighted by Gasteiger charge is -2.21. The molecule has 20 heavy (non-hydrogen) atoms. The molecule has 1 aromatic rings. The fourth-order valence-corrected chi connectivity index (χ4v) is 2.60. The molecule has 0 amide bonds. The quantitative estimate of drug-likeness (QED) is 0.814. The molecule has 0 unspecified atom stereocenters. The van der Waals surface area contributed by atoms with Crippen LogP contribution in [-0.4, -0.2) is 11.6 Å². The molecule has 0 atom stereocenters. The van der Waals surface area contributed by atoms with Gasteiger partial charge in [0.1, 0.15) is 0 Å². The predicted octanol–water partition coefficient (Wildman–Crippen LogP) is 4.44. The molecule has 0 saturated heterocycles. The smallest absolute Gasteiger partial charge is 0.190 e. The van der Waals surface area contributed by atoms with E-state index in [1.807, 2.05) is 26.0 Å². The zero-order valence-corrected chi connectivity index (χ0v) is 13.0. The summed E-state index contributed by atoms with van der Waals surface area (Å²) >= 11 is 0. The Balaban J connectivity index is 2.49. The molecule has 0 radical (unpaired) electrons. The molecule has 1 aliphatic rings. The van der Waals surface area contributed by atoms with Crippen molar-refractivity contribution in [1.82, 2.24) is 0 Å². The third-order valence-corrected chi connectivity index (χ3v) is 4.16. The molecule has 0 saturated carbocycles. The maximum Gasteiger partial charge on any atom is 0.190 e. The minimum Gasteiger partial charge on any atom is -0.289 e. The summed E-state index contributed by atoms with van der Waals surface area (Å²) in [5.41, 5.74) is 4.62. The van der Waals surface area contributed by atoms with Crippen LogP contribution in [0.4, 0.5) is 0 Å². The van der Waals surface area contributed by atoms with Crippen molar-refractivity contribution < 1.29 is 9.59 Å². The van der Waals surface area contributed by atoms with Gasteiger partial charge in [0.05, 0.1) is 0 Å². The number of benzene rings is 1. The monoisotopic (exact) mass is 270 g/mol. The largest absolute Gasteiger partial charge is 0.289 e. The molecule has 0 spiro atoms. The topological polar surface area (TPSA) is 34.1 Å². The zero-order chi connectivity index (χ0) is 15.0. The average molecular weight is 270 g/mol. The molecule has 0 aliphatic heterocycles. The van der Waals surface area contributed by atoms with Crippen LogP contribution in [0.15, 0.2) is 23.3 Å². The third kappa shape index (κ3) is 2.47. The summed E-state index contributed by atoms with van der Waals surface area (Å²) < 4.78 is 0. The van der Waals surface area contributed by atoms with E-state index in [0.29, 0.717) is 34.6 Å². The Morgan fingerprint density at radius 2 is 1.40 bits per heavy atom. The number of Topliss-reactive ketones (excluding diaryl/α,β-unsaturated/α-hetero) is 2. The minimum atomic E-state index is 0.0152. The average Bonchev–Trinajstić information content (AvgIpc) is 2.38. The van der Waals surface area contributed by atoms with Gasteiger partial charge in [0, 0.05) is 22.3 Å². The molecule has 2 rings (SSSR count). The van der Waals surface area contributed by atoms with Crippen molar-refractivity contribution in [3.63, 3.8) is 0 Å². The molecule has 0 heterocycles. The van der Waals surface area contributed by atoms with Crippen molar-refractivity contribution in [2.24, 2.45) is 5.92 Å². The number of carbonyl (C=O) groups excluding carboxylic acids is 2. The van der Waals surface area contributed by atoms with Gasteiger partial charge < -0.3 is 0 Å². The summed E-state index contributed by atoms with van der Waals surface area (Å²) in [7, 11) is 0. The first kappa shape index (κ1) is 14.7. The van der Waals surface area contributed by atoms with E-state index in [-0.39, 0.29) is 11.6 Å². The van der Waals surface area contributed by atoms with Crippen molar-refractivity contribution in [1.29, 1.82) is 0 Å². The van der Waals surface area contributed by atoms with Crippen LogP contribution in [0, 0.1) is 19.8 Å². The maximum atomic E-state index is 12.6. The van der Waals surface area contributed by atoms with Gasteiger partial charge in [0.15, 0.2) is 11.6 Å². The van der Waals surface area contributed by atoms with E-state index in [4.69, 9.17) is 0 Å². The third-order valence-electron chi connectivity index (χ3n) is 4.16. The second-order valence-electron chi connectivity index (χ2n) is 6.18. The lowest BCUT2D eigenvalue weighted by molar-refractivity contribution is 0.0971. The van der Waals surface area contributed by atoms with Gasteiger partial charge in [-0.15, -0.1) is 0 Å². The van der Waals surface area contributed by atoms with Crippen LogP contribution in [0.3, 0.4) is 0 Å². The first-order chi connectivity index (χ1) is 9.32. The Hall–Kier alpha value is -1.70. The van der Waals surface area contributed by atoms with Crippen molar-refractivity contribution >= 4 is 11.6 Å². The van der Waals surface area contributed by atoms with E-state index < -0.39 is 0 Å². The van der Waals surface area contributed by atoms with Gasteiger partial charge in [-0.1, -0.05) is 13.8 Å². The van der Waals surface area contributed by atoms with Crippen molar-refractivity contribution in [2.45, 2.75) is 47.5 Å². The molecule has 0 aromatic heterocycles. The molecular weight excluding hydrogens is 248 g/mol. The number of fused-ring (bicyclic) bond motifs is 1. The standard InChI is InChI=1S/C18H22O2/c1-10(2)6-7-14-13(5)17(19)15-8-11(3)12(4)9-16(15)18(14)20/h8-10H,6-7H2,1-5H3. The summed E-state index contributed by atoms with van der Waals surface area (Å²) in [4.78, 5) is 25.1. The number of hydrogen-bond donors (Lipinski definition) is 0. The Morgan fingerprint density at radius 3 is 1.90 bits per heavy atom. The van der Waals surface area contributed by atoms with E-state index in [9.17, 15) is 9.59 Å². The summed E-state index contributed by atoms with van der Waals surface area (Å²) in [5.74, 6) is 0.585. The van der Waals surface area contributed by atoms with Gasteiger partial charge in [0.2, 0.25) is 0 Å². The molecule has 0 N–H and O–H groups in total. The van der Waals surface area contributed by atoms with Crippen LogP contribution in [-0.2, 0) is 0 Å². The molecule has 2 nitrogen and oxygen atoms in total. The zero-order valence-electron chi connectivity index (χ0n) is 13.0. The van der Waals surface area contributed by atoms with Gasteiger partial charge in [-0.3, -0.25) is 9.59 Å². The Bertz CT molecular complexity index is 619. The molecule has 0 bridgehead atoms. The highest BCUT2D eigenvalue weighted by atomic mass is 16.1. The molecule has 2 heteroatoms. The van der Waals surface area contributed by atoms with Crippen LogP contribution >= 0.6 is 0 Å². The molecule has 1 aromatic carbocycles. The van der Waals surface area contributed by atoms with Crippen LogP contribution in [0.25, 0.3) is 0 Å². The van der Waals surface area contributed by atoms with E-state index >= 15 is 0 Å². The second-order valence-corrected chi connectivity index (χ2v) is 6.18. The van der Waals surface area contributed by atoms with E-state index in [0.717, 1.165) is 17.5 Å². The van der Waals surface area contributed by atoms with Crippen molar-refractivity contribution in [3.05, 3.63) is 45.5 Å². The Labute approximate surface area is 120 Å².